The number of aromatic nitrogens is 1. The molecule has 158 valence electrons. The predicted octanol–water partition coefficient (Wildman–Crippen LogP) is 4.22. The molecular formula is C25H23ClN2O2Se. The molecule has 0 aliphatic carbocycles. The van der Waals surface area contributed by atoms with Crippen molar-refractivity contribution in [3.8, 4) is 0 Å². The van der Waals surface area contributed by atoms with Crippen LogP contribution in [0.1, 0.15) is 19.3 Å². The van der Waals surface area contributed by atoms with E-state index in [0.29, 0.717) is 17.3 Å². The summed E-state index contributed by atoms with van der Waals surface area (Å²) in [5.41, 5.74) is -0.270. The van der Waals surface area contributed by atoms with E-state index in [4.69, 9.17) is 0 Å². The summed E-state index contributed by atoms with van der Waals surface area (Å²) in [4.78, 5) is 29.1. The Morgan fingerprint density at radius 1 is 0.710 bits per heavy atom. The second-order valence-electron chi connectivity index (χ2n) is 8.28. The Labute approximate surface area is 191 Å². The first-order valence-electron chi connectivity index (χ1n) is 10.7. The third-order valence-electron chi connectivity index (χ3n) is 6.53. The van der Waals surface area contributed by atoms with Gasteiger partial charge in [-0.25, -0.2) is 0 Å². The van der Waals surface area contributed by atoms with E-state index in [0.717, 1.165) is 42.2 Å². The molecular weight excluding hydrogens is 475 g/mol. The van der Waals surface area contributed by atoms with Crippen LogP contribution in [0.15, 0.2) is 58.1 Å². The van der Waals surface area contributed by atoms with E-state index in [2.05, 4.69) is 41.3 Å². The van der Waals surface area contributed by atoms with Crippen LogP contribution in [0.3, 0.4) is 0 Å². The average Bonchev–Trinajstić information content (AvgIpc) is 3.29. The molecule has 3 aromatic carbocycles. The van der Waals surface area contributed by atoms with Gasteiger partial charge in [-0.2, -0.15) is 0 Å². The zero-order chi connectivity index (χ0) is 20.2. The number of rotatable bonds is 4. The molecule has 1 aliphatic rings. The van der Waals surface area contributed by atoms with Crippen LogP contribution in [0.2, 0.25) is 0 Å². The first kappa shape index (κ1) is 20.7. The molecule has 0 bridgehead atoms. The first-order valence-corrected chi connectivity index (χ1v) is 12.4. The number of hydrogen-bond acceptors (Lipinski definition) is 3. The average molecular weight is 498 g/mol. The summed E-state index contributed by atoms with van der Waals surface area (Å²) in [6, 6.07) is 16.6. The summed E-state index contributed by atoms with van der Waals surface area (Å²) in [7, 11) is 0. The van der Waals surface area contributed by atoms with Crippen LogP contribution in [0, 0.1) is 0 Å². The molecule has 6 rings (SSSR count). The molecule has 3 heterocycles. The van der Waals surface area contributed by atoms with Gasteiger partial charge < -0.3 is 0 Å². The Kier molecular flexibility index (Phi) is 5.39. The quantitative estimate of drug-likeness (QED) is 0.212. The fraction of sp³-hybridized carbons (Fsp3) is 0.280. The second kappa shape index (κ2) is 8.07. The number of nitrogens with zero attached hydrogens (tertiary/aromatic N) is 2. The zero-order valence-corrected chi connectivity index (χ0v) is 19.6. The molecule has 1 fully saturated rings. The number of likely N-dealkylation sites (tertiary alicyclic amines) is 1. The Bertz CT molecular complexity index is 1500. The van der Waals surface area contributed by atoms with Gasteiger partial charge >= 0.3 is 179 Å². The van der Waals surface area contributed by atoms with E-state index in [1.54, 1.807) is 0 Å². The molecule has 1 aliphatic heterocycles. The second-order valence-corrected chi connectivity index (χ2v) is 10.6. The van der Waals surface area contributed by atoms with Crippen molar-refractivity contribution in [2.24, 2.45) is 0 Å². The predicted molar refractivity (Wildman–Crippen MR) is 133 cm³/mol. The van der Waals surface area contributed by atoms with Crippen LogP contribution in [0.25, 0.3) is 40.8 Å². The van der Waals surface area contributed by atoms with E-state index < -0.39 is 0 Å². The van der Waals surface area contributed by atoms with E-state index in [-0.39, 0.29) is 38.0 Å². The van der Waals surface area contributed by atoms with Crippen molar-refractivity contribution in [1.29, 1.82) is 0 Å². The van der Waals surface area contributed by atoms with Gasteiger partial charge in [0.1, 0.15) is 0 Å². The standard InChI is InChI=1S/C25H22N2O2Se.ClH/c28-24-18-9-8-17-16-6-1-2-7-20(16)30-21-11-10-19(22(18)23(17)21)25(29)27(24)15-5-14-26-12-3-4-13-26;/h1-2,6-11H,3-5,12-15H2;1H. The summed E-state index contributed by atoms with van der Waals surface area (Å²) in [6.45, 7) is 3.72. The molecule has 0 radical (unpaired) electrons. The Morgan fingerprint density at radius 3 is 2.16 bits per heavy atom. The van der Waals surface area contributed by atoms with Gasteiger partial charge in [0.15, 0.2) is 0 Å². The summed E-state index contributed by atoms with van der Waals surface area (Å²) in [5, 5.41) is 5.73. The van der Waals surface area contributed by atoms with Crippen LogP contribution in [-0.2, 0) is 6.54 Å². The van der Waals surface area contributed by atoms with Gasteiger partial charge in [0.25, 0.3) is 0 Å². The Morgan fingerprint density at radius 2 is 1.39 bits per heavy atom. The van der Waals surface area contributed by atoms with Gasteiger partial charge in [-0.1, -0.05) is 0 Å². The van der Waals surface area contributed by atoms with Gasteiger partial charge in [0.2, 0.25) is 0 Å². The van der Waals surface area contributed by atoms with Gasteiger partial charge in [-0.3, -0.25) is 0 Å². The molecule has 0 saturated carbocycles. The summed E-state index contributed by atoms with van der Waals surface area (Å²) >= 11 is 0.180. The van der Waals surface area contributed by atoms with Crippen LogP contribution in [0.5, 0.6) is 0 Å². The van der Waals surface area contributed by atoms with Crippen LogP contribution < -0.4 is 11.1 Å². The summed E-state index contributed by atoms with van der Waals surface area (Å²) in [5.74, 6) is 0. The minimum atomic E-state index is -0.135. The van der Waals surface area contributed by atoms with Gasteiger partial charge in [-0.15, -0.1) is 12.4 Å². The maximum atomic E-state index is 13.3. The Balaban J connectivity index is 0.00000204. The number of hydrogen-bond donors (Lipinski definition) is 0. The van der Waals surface area contributed by atoms with Crippen molar-refractivity contribution in [3.63, 3.8) is 0 Å². The van der Waals surface area contributed by atoms with E-state index in [1.807, 2.05) is 12.1 Å². The topological polar surface area (TPSA) is 42.3 Å². The molecule has 31 heavy (non-hydrogen) atoms. The van der Waals surface area contributed by atoms with Crippen molar-refractivity contribution >= 4 is 67.7 Å². The molecule has 6 heteroatoms. The van der Waals surface area contributed by atoms with Crippen LogP contribution in [0.4, 0.5) is 0 Å². The van der Waals surface area contributed by atoms with Crippen molar-refractivity contribution < 1.29 is 0 Å². The van der Waals surface area contributed by atoms with Gasteiger partial charge in [0.05, 0.1) is 0 Å². The third-order valence-corrected chi connectivity index (χ3v) is 8.91. The van der Waals surface area contributed by atoms with Crippen molar-refractivity contribution in [1.82, 2.24) is 9.47 Å². The molecule has 0 atom stereocenters. The third kappa shape index (κ3) is 3.23. The Hall–Kier alpha value is -2.17. The van der Waals surface area contributed by atoms with Crippen molar-refractivity contribution in [2.75, 3.05) is 19.6 Å². The van der Waals surface area contributed by atoms with Gasteiger partial charge in [-0.05, 0) is 0 Å². The minimum absolute atomic E-state index is 0. The van der Waals surface area contributed by atoms with Crippen molar-refractivity contribution in [3.05, 3.63) is 69.2 Å². The molecule has 0 N–H and O–H groups in total. The fourth-order valence-corrected chi connectivity index (χ4v) is 7.42. The molecule has 1 saturated heterocycles. The van der Waals surface area contributed by atoms with E-state index >= 15 is 0 Å². The van der Waals surface area contributed by atoms with E-state index in [1.165, 1.54) is 31.3 Å². The number of benzene rings is 3. The van der Waals surface area contributed by atoms with Gasteiger partial charge in [0, 0.05) is 0 Å². The normalized spacial score (nSPS) is 14.8. The summed E-state index contributed by atoms with van der Waals surface area (Å²) < 4.78 is 4.09. The summed E-state index contributed by atoms with van der Waals surface area (Å²) in [6.07, 6.45) is 3.35. The van der Waals surface area contributed by atoms with Crippen LogP contribution in [-0.4, -0.2) is 43.6 Å². The first-order chi connectivity index (χ1) is 14.7. The molecule has 5 aromatic rings. The van der Waals surface area contributed by atoms with E-state index in [9.17, 15) is 9.59 Å². The molecule has 0 unspecified atom stereocenters. The monoisotopic (exact) mass is 498 g/mol. The zero-order valence-electron chi connectivity index (χ0n) is 17.1. The van der Waals surface area contributed by atoms with Crippen LogP contribution >= 0.6 is 12.4 Å². The van der Waals surface area contributed by atoms with Crippen molar-refractivity contribution in [2.45, 2.75) is 25.8 Å². The number of pyridine rings is 1. The molecule has 0 spiro atoms. The fourth-order valence-electron chi connectivity index (χ4n) is 5.07. The molecule has 0 amide bonds. The maximum absolute atomic E-state index is 13.3. The number of fused-ring (bicyclic) bond motifs is 2. The number of halogens is 1. The molecule has 2 aromatic heterocycles. The molecule has 4 nitrogen and oxygen atoms in total. The SMILES string of the molecule is Cl.O=c1c2ccc3[se]c4ccccc4c4ccc(c(=O)n1CCCN1CCCC1)c2c34.